The van der Waals surface area contributed by atoms with Crippen molar-refractivity contribution < 1.29 is 19.1 Å². The number of rotatable bonds is 7. The third-order valence-corrected chi connectivity index (χ3v) is 4.42. The zero-order valence-corrected chi connectivity index (χ0v) is 18.7. The van der Waals surface area contributed by atoms with Crippen molar-refractivity contribution in [3.63, 3.8) is 0 Å². The molecule has 0 spiro atoms. The lowest BCUT2D eigenvalue weighted by atomic mass is 10.2. The number of hydrogen-bond acceptors (Lipinski definition) is 5. The van der Waals surface area contributed by atoms with Gasteiger partial charge in [-0.25, -0.2) is 0 Å². The summed E-state index contributed by atoms with van der Waals surface area (Å²) in [7, 11) is 0. The molecule has 30 heavy (non-hydrogen) atoms. The molecule has 0 bridgehead atoms. The van der Waals surface area contributed by atoms with Crippen molar-refractivity contribution in [2.24, 2.45) is 0 Å². The van der Waals surface area contributed by atoms with Gasteiger partial charge in [0, 0.05) is 5.02 Å². The van der Waals surface area contributed by atoms with Gasteiger partial charge in [-0.05, 0) is 55.9 Å². The van der Waals surface area contributed by atoms with Crippen LogP contribution in [0, 0.1) is 0 Å². The summed E-state index contributed by atoms with van der Waals surface area (Å²) in [5.74, 6) is -0.233. The number of carbonyl (C=O) groups excluding carboxylic acids is 2. The highest BCUT2D eigenvalue weighted by Gasteiger charge is 2.18. The summed E-state index contributed by atoms with van der Waals surface area (Å²) in [4.78, 5) is 24.6. The summed E-state index contributed by atoms with van der Waals surface area (Å²) < 4.78 is 11.1. The van der Waals surface area contributed by atoms with Crippen molar-refractivity contribution in [3.8, 4) is 11.5 Å². The predicted molar refractivity (Wildman–Crippen MR) is 120 cm³/mol. The maximum Gasteiger partial charge on any atom is 0.279 e. The Morgan fingerprint density at radius 2 is 1.83 bits per heavy atom. The summed E-state index contributed by atoms with van der Waals surface area (Å²) in [5, 5.41) is 3.13. The first-order valence-corrected chi connectivity index (χ1v) is 10.2. The van der Waals surface area contributed by atoms with Gasteiger partial charge < -0.3 is 9.47 Å². The normalized spacial score (nSPS) is 11.2. The molecule has 0 aliphatic heterocycles. The smallest absolute Gasteiger partial charge is 0.279 e. The van der Waals surface area contributed by atoms with E-state index < -0.39 is 17.9 Å². The molecule has 0 radical (unpaired) electrons. The van der Waals surface area contributed by atoms with Crippen molar-refractivity contribution in [2.45, 2.75) is 26.4 Å². The number of nitrogens with one attached hydrogen (secondary N) is 3. The van der Waals surface area contributed by atoms with Crippen molar-refractivity contribution in [2.75, 3.05) is 6.61 Å². The molecule has 7 nitrogen and oxygen atoms in total. The molecular formula is C20H21Cl2N3O4S. The minimum atomic E-state index is -0.891. The first-order chi connectivity index (χ1) is 14.3. The molecule has 0 fully saturated rings. The van der Waals surface area contributed by atoms with E-state index in [2.05, 4.69) is 16.2 Å². The Labute approximate surface area is 190 Å². The second-order valence-corrected chi connectivity index (χ2v) is 7.33. The lowest BCUT2D eigenvalue weighted by Gasteiger charge is -2.17. The highest BCUT2D eigenvalue weighted by molar-refractivity contribution is 7.80. The number of hydrogen-bond donors (Lipinski definition) is 3. The van der Waals surface area contributed by atoms with E-state index in [1.165, 1.54) is 13.0 Å². The number of para-hydroxylation sites is 1. The van der Waals surface area contributed by atoms with Crippen LogP contribution >= 0.6 is 35.4 Å². The van der Waals surface area contributed by atoms with Gasteiger partial charge in [-0.3, -0.25) is 25.8 Å². The number of thiocarbonyl (C=S) groups is 1. The minimum Gasteiger partial charge on any atom is -0.493 e. The van der Waals surface area contributed by atoms with Gasteiger partial charge in [-0.1, -0.05) is 42.3 Å². The van der Waals surface area contributed by atoms with Crippen LogP contribution in [0.5, 0.6) is 11.5 Å². The number of hydrazine groups is 1. The average molecular weight is 470 g/mol. The van der Waals surface area contributed by atoms with E-state index in [0.717, 1.165) is 6.42 Å². The van der Waals surface area contributed by atoms with Crippen LogP contribution in [-0.2, 0) is 4.79 Å². The van der Waals surface area contributed by atoms with Crippen LogP contribution in [0.1, 0.15) is 30.6 Å². The van der Waals surface area contributed by atoms with Crippen LogP contribution in [0.4, 0.5) is 0 Å². The van der Waals surface area contributed by atoms with E-state index >= 15 is 0 Å². The Morgan fingerprint density at radius 1 is 1.10 bits per heavy atom. The van der Waals surface area contributed by atoms with E-state index in [1.54, 1.807) is 36.4 Å². The maximum absolute atomic E-state index is 12.4. The lowest BCUT2D eigenvalue weighted by molar-refractivity contribution is -0.127. The lowest BCUT2D eigenvalue weighted by Crippen LogP contribution is -2.51. The molecule has 3 N–H and O–H groups in total. The van der Waals surface area contributed by atoms with Gasteiger partial charge in [0.2, 0.25) is 0 Å². The summed E-state index contributed by atoms with van der Waals surface area (Å²) in [5.41, 5.74) is 5.16. The molecule has 1 unspecified atom stereocenters. The van der Waals surface area contributed by atoms with Crippen molar-refractivity contribution >= 4 is 52.3 Å². The van der Waals surface area contributed by atoms with Crippen molar-refractivity contribution in [1.82, 2.24) is 16.2 Å². The van der Waals surface area contributed by atoms with Gasteiger partial charge in [-0.2, -0.15) is 0 Å². The second kappa shape index (κ2) is 11.6. The van der Waals surface area contributed by atoms with Crippen LogP contribution in [0.3, 0.4) is 0 Å². The fourth-order valence-corrected chi connectivity index (χ4v) is 2.83. The summed E-state index contributed by atoms with van der Waals surface area (Å²) in [6.07, 6.45) is -0.0819. The molecule has 2 aromatic carbocycles. The molecule has 2 rings (SSSR count). The molecule has 2 amide bonds. The van der Waals surface area contributed by atoms with Gasteiger partial charge in [0.15, 0.2) is 11.2 Å². The molecule has 160 valence electrons. The Morgan fingerprint density at radius 3 is 2.53 bits per heavy atom. The van der Waals surface area contributed by atoms with Gasteiger partial charge in [0.1, 0.15) is 11.5 Å². The third kappa shape index (κ3) is 7.05. The molecule has 10 heteroatoms. The SMILES string of the molecule is CCCOc1ccccc1C(=O)NC(=S)NNC(=O)C(C)Oc1ccc(Cl)cc1Cl. The van der Waals surface area contributed by atoms with E-state index in [0.29, 0.717) is 28.7 Å². The van der Waals surface area contributed by atoms with Crippen molar-refractivity contribution in [3.05, 3.63) is 58.1 Å². The van der Waals surface area contributed by atoms with E-state index in [9.17, 15) is 9.59 Å². The number of benzene rings is 2. The van der Waals surface area contributed by atoms with E-state index in [4.69, 9.17) is 44.9 Å². The first kappa shape index (κ1) is 23.7. The van der Waals surface area contributed by atoms with E-state index in [1.807, 2.05) is 6.92 Å². The van der Waals surface area contributed by atoms with Gasteiger partial charge in [0.05, 0.1) is 17.2 Å². The monoisotopic (exact) mass is 469 g/mol. The van der Waals surface area contributed by atoms with Gasteiger partial charge in [-0.15, -0.1) is 0 Å². The molecule has 1 atom stereocenters. The third-order valence-electron chi connectivity index (χ3n) is 3.69. The number of amides is 2. The Balaban J connectivity index is 1.86. The van der Waals surface area contributed by atoms with E-state index in [-0.39, 0.29) is 10.1 Å². The fourth-order valence-electron chi connectivity index (χ4n) is 2.23. The number of carbonyl (C=O) groups is 2. The zero-order valence-electron chi connectivity index (χ0n) is 16.3. The Hall–Kier alpha value is -2.55. The molecule has 0 aliphatic rings. The summed E-state index contributed by atoms with van der Waals surface area (Å²) in [6, 6.07) is 11.5. The van der Waals surface area contributed by atoms with Crippen LogP contribution in [0.2, 0.25) is 10.0 Å². The standard InChI is InChI=1S/C20H21Cl2N3O4S/c1-3-10-28-16-7-5-4-6-14(16)19(27)23-20(30)25-24-18(26)12(2)29-17-9-8-13(21)11-15(17)22/h4-9,11-12H,3,10H2,1-2H3,(H,24,26)(H2,23,25,27,30). The van der Waals surface area contributed by atoms with Crippen LogP contribution in [0.15, 0.2) is 42.5 Å². The van der Waals surface area contributed by atoms with Crippen LogP contribution in [-0.4, -0.2) is 29.6 Å². The van der Waals surface area contributed by atoms with Gasteiger partial charge >= 0.3 is 0 Å². The number of halogens is 2. The average Bonchev–Trinajstić information content (AvgIpc) is 2.72. The largest absolute Gasteiger partial charge is 0.493 e. The quantitative estimate of drug-likeness (QED) is 0.421. The Kier molecular flexibility index (Phi) is 9.16. The number of ether oxygens (including phenoxy) is 2. The molecule has 2 aromatic rings. The maximum atomic E-state index is 12.4. The Bertz CT molecular complexity index is 927. The van der Waals surface area contributed by atoms with Crippen LogP contribution < -0.4 is 25.6 Å². The molecule has 0 saturated heterocycles. The first-order valence-electron chi connectivity index (χ1n) is 9.06. The predicted octanol–water partition coefficient (Wildman–Crippen LogP) is 3.89. The van der Waals surface area contributed by atoms with Gasteiger partial charge in [0.25, 0.3) is 11.8 Å². The fraction of sp³-hybridized carbons (Fsp3) is 0.250. The topological polar surface area (TPSA) is 88.7 Å². The highest BCUT2D eigenvalue weighted by atomic mass is 35.5. The second-order valence-electron chi connectivity index (χ2n) is 6.08. The minimum absolute atomic E-state index is 0.0876. The molecule has 0 saturated carbocycles. The summed E-state index contributed by atoms with van der Waals surface area (Å²) >= 11 is 16.9. The molecular weight excluding hydrogens is 449 g/mol. The highest BCUT2D eigenvalue weighted by Crippen LogP contribution is 2.28. The van der Waals surface area contributed by atoms with Crippen LogP contribution in [0.25, 0.3) is 0 Å². The zero-order chi connectivity index (χ0) is 22.1. The van der Waals surface area contributed by atoms with Crippen molar-refractivity contribution in [1.29, 1.82) is 0 Å². The summed E-state index contributed by atoms with van der Waals surface area (Å²) in [6.45, 7) is 3.99. The molecule has 0 aromatic heterocycles. The molecule has 0 aliphatic carbocycles. The molecule has 0 heterocycles.